The average Bonchev–Trinajstić information content (AvgIpc) is 3.02. The van der Waals surface area contributed by atoms with E-state index in [1.165, 1.54) is 0 Å². The third-order valence-corrected chi connectivity index (χ3v) is 3.13. The fraction of sp³-hybridized carbons (Fsp3) is 0.286. The van der Waals surface area contributed by atoms with E-state index in [4.69, 9.17) is 4.52 Å². The molecule has 1 N–H and O–H groups in total. The molecule has 3 aromatic heterocycles. The van der Waals surface area contributed by atoms with Crippen LogP contribution in [-0.4, -0.2) is 39.3 Å². The van der Waals surface area contributed by atoms with Gasteiger partial charge in [0.1, 0.15) is 11.3 Å². The van der Waals surface area contributed by atoms with E-state index >= 15 is 0 Å². The van der Waals surface area contributed by atoms with Crippen molar-refractivity contribution in [3.8, 4) is 0 Å². The number of hydrogen-bond donors (Lipinski definition) is 1. The Morgan fingerprint density at radius 1 is 1.41 bits per heavy atom. The molecule has 0 saturated heterocycles. The molecule has 0 atom stereocenters. The van der Waals surface area contributed by atoms with E-state index in [0.29, 0.717) is 17.4 Å². The van der Waals surface area contributed by atoms with Crippen LogP contribution in [0.25, 0.3) is 5.52 Å². The van der Waals surface area contributed by atoms with Crippen molar-refractivity contribution in [1.82, 2.24) is 19.8 Å². The molecule has 1 amide bonds. The summed E-state index contributed by atoms with van der Waals surface area (Å²) in [6.07, 6.45) is 3.43. The van der Waals surface area contributed by atoms with Crippen molar-refractivity contribution in [2.24, 2.45) is 0 Å². The third-order valence-electron chi connectivity index (χ3n) is 3.13. The molecule has 0 unspecified atom stereocenters. The van der Waals surface area contributed by atoms with Crippen LogP contribution in [0.1, 0.15) is 11.5 Å². The number of likely N-dealkylation sites (N-methyl/N-ethyl adjacent to an activating group) is 1. The molecule has 0 radical (unpaired) electrons. The number of fused-ring (bicyclic) bond motifs is 1. The van der Waals surface area contributed by atoms with Gasteiger partial charge >= 0.3 is 0 Å². The van der Waals surface area contributed by atoms with Gasteiger partial charge in [-0.2, -0.15) is 5.10 Å². The molecule has 0 aromatic carbocycles. The first kappa shape index (κ1) is 14.1. The quantitative estimate of drug-likeness (QED) is 0.783. The summed E-state index contributed by atoms with van der Waals surface area (Å²) in [6.45, 7) is 3.82. The molecule has 114 valence electrons. The van der Waals surface area contributed by atoms with Gasteiger partial charge in [0.2, 0.25) is 5.91 Å². The second-order valence-corrected chi connectivity index (χ2v) is 5.09. The zero-order valence-electron chi connectivity index (χ0n) is 12.6. The Morgan fingerprint density at radius 3 is 2.95 bits per heavy atom. The number of nitrogens with zero attached hydrogens (tertiary/aromatic N) is 5. The summed E-state index contributed by atoms with van der Waals surface area (Å²) in [6, 6.07) is 3.59. The van der Waals surface area contributed by atoms with Crippen molar-refractivity contribution >= 4 is 23.1 Å². The minimum Gasteiger partial charge on any atom is -0.360 e. The maximum atomic E-state index is 12.1. The Bertz CT molecular complexity index is 822. The highest BCUT2D eigenvalue weighted by Gasteiger charge is 2.14. The maximum absolute atomic E-state index is 12.1. The van der Waals surface area contributed by atoms with E-state index in [-0.39, 0.29) is 12.5 Å². The lowest BCUT2D eigenvalue weighted by molar-refractivity contribution is -0.115. The Kier molecular flexibility index (Phi) is 3.50. The highest BCUT2D eigenvalue weighted by atomic mass is 16.5. The normalized spacial score (nSPS) is 10.9. The third kappa shape index (κ3) is 2.76. The van der Waals surface area contributed by atoms with Gasteiger partial charge in [-0.05, 0) is 19.9 Å². The van der Waals surface area contributed by atoms with Gasteiger partial charge in [-0.15, -0.1) is 0 Å². The summed E-state index contributed by atoms with van der Waals surface area (Å²) in [4.78, 5) is 18.2. The van der Waals surface area contributed by atoms with Crippen LogP contribution < -0.4 is 10.2 Å². The molecule has 22 heavy (non-hydrogen) atoms. The van der Waals surface area contributed by atoms with Crippen molar-refractivity contribution < 1.29 is 9.32 Å². The number of aryl methyl sites for hydroxylation is 2. The minimum absolute atomic E-state index is 0.142. The van der Waals surface area contributed by atoms with Gasteiger partial charge in [-0.25, -0.2) is 9.50 Å². The molecule has 8 nitrogen and oxygen atoms in total. The van der Waals surface area contributed by atoms with Crippen LogP contribution in [0.15, 0.2) is 29.0 Å². The van der Waals surface area contributed by atoms with Gasteiger partial charge in [-0.1, -0.05) is 5.16 Å². The molecule has 0 aliphatic carbocycles. The van der Waals surface area contributed by atoms with E-state index in [1.807, 2.05) is 13.0 Å². The zero-order chi connectivity index (χ0) is 15.7. The second kappa shape index (κ2) is 5.47. The fourth-order valence-corrected chi connectivity index (χ4v) is 2.22. The number of amides is 1. The van der Waals surface area contributed by atoms with Crippen LogP contribution >= 0.6 is 0 Å². The summed E-state index contributed by atoms with van der Waals surface area (Å²) < 4.78 is 6.66. The highest BCUT2D eigenvalue weighted by Crippen LogP contribution is 2.18. The number of carbonyl (C=O) groups is 1. The van der Waals surface area contributed by atoms with Crippen LogP contribution in [-0.2, 0) is 4.79 Å². The van der Waals surface area contributed by atoms with Gasteiger partial charge in [0, 0.05) is 25.5 Å². The van der Waals surface area contributed by atoms with Crippen molar-refractivity contribution in [1.29, 1.82) is 0 Å². The first-order valence-corrected chi connectivity index (χ1v) is 6.78. The summed E-state index contributed by atoms with van der Waals surface area (Å²) in [5.74, 6) is 1.54. The van der Waals surface area contributed by atoms with Gasteiger partial charge in [0.15, 0.2) is 11.6 Å². The molecule has 3 rings (SSSR count). The first-order chi connectivity index (χ1) is 10.5. The average molecular weight is 300 g/mol. The molecule has 0 spiro atoms. The number of nitrogens with one attached hydrogen (secondary N) is 1. The smallest absolute Gasteiger partial charge is 0.245 e. The SMILES string of the molecule is Cc1cc2c(N(C)CC(=O)Nc3cc(C)on3)nccn2n1. The number of hydrogen-bond acceptors (Lipinski definition) is 6. The lowest BCUT2D eigenvalue weighted by Crippen LogP contribution is -2.31. The van der Waals surface area contributed by atoms with Crippen LogP contribution in [0.4, 0.5) is 11.6 Å². The van der Waals surface area contributed by atoms with Crippen molar-refractivity contribution in [2.45, 2.75) is 13.8 Å². The van der Waals surface area contributed by atoms with Gasteiger partial charge in [0.25, 0.3) is 0 Å². The Morgan fingerprint density at radius 2 is 2.23 bits per heavy atom. The molecular weight excluding hydrogens is 284 g/mol. The predicted octanol–water partition coefficient (Wildman–Crippen LogP) is 1.41. The number of anilines is 2. The lowest BCUT2D eigenvalue weighted by atomic mass is 10.3. The van der Waals surface area contributed by atoms with E-state index in [9.17, 15) is 4.79 Å². The van der Waals surface area contributed by atoms with Crippen LogP contribution in [0, 0.1) is 13.8 Å². The number of carbonyl (C=O) groups excluding carboxylic acids is 1. The molecule has 0 bridgehead atoms. The number of rotatable bonds is 4. The number of aromatic nitrogens is 4. The second-order valence-electron chi connectivity index (χ2n) is 5.09. The topological polar surface area (TPSA) is 88.6 Å². The maximum Gasteiger partial charge on any atom is 0.245 e. The van der Waals surface area contributed by atoms with Gasteiger partial charge < -0.3 is 14.7 Å². The standard InChI is InChI=1S/C14H16N6O2/c1-9-6-11-14(15-4-5-20(11)17-9)19(3)8-13(21)16-12-7-10(2)22-18-12/h4-7H,8H2,1-3H3,(H,16,18,21). The van der Waals surface area contributed by atoms with E-state index in [1.54, 1.807) is 41.8 Å². The summed E-state index contributed by atoms with van der Waals surface area (Å²) >= 11 is 0. The van der Waals surface area contributed by atoms with Crippen LogP contribution in [0.3, 0.4) is 0 Å². The van der Waals surface area contributed by atoms with Crippen molar-refractivity contribution in [2.75, 3.05) is 23.8 Å². The molecule has 8 heteroatoms. The first-order valence-electron chi connectivity index (χ1n) is 6.78. The summed E-state index contributed by atoms with van der Waals surface area (Å²) in [5, 5.41) is 10.7. The summed E-state index contributed by atoms with van der Waals surface area (Å²) in [7, 11) is 1.80. The molecule has 3 heterocycles. The monoisotopic (exact) mass is 300 g/mol. The van der Waals surface area contributed by atoms with Crippen LogP contribution in [0.5, 0.6) is 0 Å². The molecule has 0 aliphatic rings. The van der Waals surface area contributed by atoms with Gasteiger partial charge in [0.05, 0.1) is 12.2 Å². The van der Waals surface area contributed by atoms with E-state index in [0.717, 1.165) is 11.2 Å². The predicted molar refractivity (Wildman–Crippen MR) is 80.9 cm³/mol. The van der Waals surface area contributed by atoms with Crippen molar-refractivity contribution in [3.05, 3.63) is 36.0 Å². The van der Waals surface area contributed by atoms with Crippen LogP contribution in [0.2, 0.25) is 0 Å². The van der Waals surface area contributed by atoms with E-state index < -0.39 is 0 Å². The molecular formula is C14H16N6O2. The Hall–Kier alpha value is -2.90. The van der Waals surface area contributed by atoms with Gasteiger partial charge in [-0.3, -0.25) is 4.79 Å². The Labute approximate surface area is 126 Å². The molecule has 3 aromatic rings. The fourth-order valence-electron chi connectivity index (χ4n) is 2.22. The molecule has 0 aliphatic heterocycles. The van der Waals surface area contributed by atoms with E-state index in [2.05, 4.69) is 20.6 Å². The van der Waals surface area contributed by atoms with Crippen molar-refractivity contribution in [3.63, 3.8) is 0 Å². The zero-order valence-corrected chi connectivity index (χ0v) is 12.6. The Balaban J connectivity index is 1.75. The largest absolute Gasteiger partial charge is 0.360 e. The molecule has 0 fully saturated rings. The molecule has 0 saturated carbocycles. The highest BCUT2D eigenvalue weighted by molar-refractivity contribution is 5.93. The summed E-state index contributed by atoms with van der Waals surface area (Å²) in [5.41, 5.74) is 1.75. The lowest BCUT2D eigenvalue weighted by Gasteiger charge is -2.17. The minimum atomic E-state index is -0.198.